The van der Waals surface area contributed by atoms with E-state index in [0.29, 0.717) is 38.2 Å². The number of urea groups is 1. The van der Waals surface area contributed by atoms with E-state index in [1.807, 2.05) is 11.0 Å². The number of cyclic esters (lactones) is 1. The van der Waals surface area contributed by atoms with Gasteiger partial charge in [0.2, 0.25) is 0 Å². The maximum Gasteiger partial charge on any atom is 0.433 e. The molecule has 0 bridgehead atoms. The van der Waals surface area contributed by atoms with Crippen molar-refractivity contribution in [1.29, 1.82) is 5.26 Å². The van der Waals surface area contributed by atoms with Crippen molar-refractivity contribution in [1.82, 2.24) is 20.1 Å². The number of hydrogen-bond donors (Lipinski definition) is 1. The Morgan fingerprint density at radius 3 is 2.66 bits per heavy atom. The van der Waals surface area contributed by atoms with Gasteiger partial charge in [-0.25, -0.2) is 9.59 Å². The first kappa shape index (κ1) is 20.8. The van der Waals surface area contributed by atoms with E-state index in [-0.39, 0.29) is 29.5 Å². The van der Waals surface area contributed by atoms with Crippen LogP contribution in [0.25, 0.3) is 0 Å². The summed E-state index contributed by atoms with van der Waals surface area (Å²) in [5, 5.41) is 12.0. The summed E-state index contributed by atoms with van der Waals surface area (Å²) in [6.07, 6.45) is -0.603. The lowest BCUT2D eigenvalue weighted by Crippen LogP contribution is -2.73. The number of amides is 3. The molecule has 4 heterocycles. The molecule has 4 fully saturated rings. The molecule has 3 amide bonds. The Morgan fingerprint density at radius 2 is 2.03 bits per heavy atom. The zero-order valence-corrected chi connectivity index (χ0v) is 17.2. The summed E-state index contributed by atoms with van der Waals surface area (Å²) in [7, 11) is 0. The number of ether oxygens (including phenoxy) is 1. The third-order valence-electron chi connectivity index (χ3n) is 7.14. The maximum atomic E-state index is 12.9. The van der Waals surface area contributed by atoms with Crippen LogP contribution in [0.1, 0.15) is 36.1 Å². The van der Waals surface area contributed by atoms with Gasteiger partial charge in [-0.15, -0.1) is 0 Å². The molecule has 1 atom stereocenters. The van der Waals surface area contributed by atoms with E-state index in [2.05, 4.69) is 10.3 Å². The number of nitrogens with zero attached hydrogens (tertiary/aromatic N) is 4. The predicted molar refractivity (Wildman–Crippen MR) is 103 cm³/mol. The van der Waals surface area contributed by atoms with Crippen LogP contribution in [0.4, 0.5) is 22.8 Å². The molecule has 5 rings (SSSR count). The highest BCUT2D eigenvalue weighted by Crippen LogP contribution is 2.49. The van der Waals surface area contributed by atoms with E-state index >= 15 is 0 Å². The van der Waals surface area contributed by atoms with Crippen molar-refractivity contribution >= 4 is 12.1 Å². The lowest BCUT2D eigenvalue weighted by molar-refractivity contribution is -0.141. The van der Waals surface area contributed by atoms with Crippen LogP contribution in [0.2, 0.25) is 0 Å². The number of aromatic nitrogens is 1. The molecule has 0 radical (unpaired) electrons. The number of halogens is 3. The number of pyridine rings is 1. The van der Waals surface area contributed by atoms with Gasteiger partial charge in [0, 0.05) is 24.7 Å². The van der Waals surface area contributed by atoms with Crippen molar-refractivity contribution in [3.63, 3.8) is 0 Å². The first-order valence-electron chi connectivity index (χ1n) is 10.6. The smallest absolute Gasteiger partial charge is 0.433 e. The Bertz CT molecular complexity index is 1010. The molecule has 1 aromatic heterocycles. The van der Waals surface area contributed by atoms with E-state index < -0.39 is 23.5 Å². The molecule has 4 aliphatic rings. The molecule has 0 unspecified atom stereocenters. The second-order valence-corrected chi connectivity index (χ2v) is 9.63. The Morgan fingerprint density at radius 1 is 1.31 bits per heavy atom. The predicted octanol–water partition coefficient (Wildman–Crippen LogP) is 2.53. The first-order chi connectivity index (χ1) is 15.1. The van der Waals surface area contributed by atoms with Crippen LogP contribution in [0.3, 0.4) is 0 Å². The van der Waals surface area contributed by atoms with Crippen molar-refractivity contribution in [3.05, 3.63) is 29.1 Å². The number of nitriles is 1. The molecule has 32 heavy (non-hydrogen) atoms. The molecule has 8 nitrogen and oxygen atoms in total. The summed E-state index contributed by atoms with van der Waals surface area (Å²) in [5.74, 6) is 0.246. The lowest BCUT2D eigenvalue weighted by atomic mass is 9.77. The van der Waals surface area contributed by atoms with Gasteiger partial charge in [0.05, 0.1) is 24.7 Å². The Hall–Kier alpha value is -3.03. The normalized spacial score (nSPS) is 25.2. The Labute approximate surface area is 182 Å². The fraction of sp³-hybridized carbons (Fsp3) is 0.619. The molecule has 1 saturated carbocycles. The number of hydrogen-bond acceptors (Lipinski definition) is 5. The van der Waals surface area contributed by atoms with Crippen LogP contribution in [0.15, 0.2) is 12.3 Å². The molecule has 1 aliphatic carbocycles. The molecule has 1 N–H and O–H groups in total. The second kappa shape index (κ2) is 6.98. The quantitative estimate of drug-likeness (QED) is 0.748. The van der Waals surface area contributed by atoms with Crippen LogP contribution in [-0.4, -0.2) is 65.2 Å². The van der Waals surface area contributed by atoms with Crippen molar-refractivity contribution < 1.29 is 27.5 Å². The monoisotopic (exact) mass is 449 g/mol. The average molecular weight is 449 g/mol. The van der Waals surface area contributed by atoms with E-state index in [1.165, 1.54) is 6.20 Å². The minimum absolute atomic E-state index is 0.0217. The van der Waals surface area contributed by atoms with E-state index in [1.54, 1.807) is 4.90 Å². The van der Waals surface area contributed by atoms with E-state index in [0.717, 1.165) is 25.3 Å². The fourth-order valence-corrected chi connectivity index (χ4v) is 5.59. The second-order valence-electron chi connectivity index (χ2n) is 9.63. The number of carbonyl (C=O) groups is 2. The molecule has 11 heteroatoms. The number of alkyl halides is 3. The van der Waals surface area contributed by atoms with Crippen LogP contribution in [0.5, 0.6) is 0 Å². The van der Waals surface area contributed by atoms with Crippen LogP contribution in [-0.2, 0) is 17.3 Å². The van der Waals surface area contributed by atoms with Crippen molar-refractivity contribution in [3.8, 4) is 6.07 Å². The SMILES string of the molecule is N#Cc1cc(C(F)(F)F)ncc1C[C@H]1CCC2(C1)CN(C(=O)N1CC3(COC(=O)N3)C1)C2. The van der Waals surface area contributed by atoms with Crippen LogP contribution in [0, 0.1) is 22.7 Å². The summed E-state index contributed by atoms with van der Waals surface area (Å²) >= 11 is 0. The number of nitrogens with one attached hydrogen (secondary N) is 1. The number of rotatable bonds is 2. The van der Waals surface area contributed by atoms with Gasteiger partial charge in [0.15, 0.2) is 0 Å². The first-order valence-corrected chi connectivity index (χ1v) is 10.6. The topological polar surface area (TPSA) is 98.6 Å². The van der Waals surface area contributed by atoms with Crippen LogP contribution >= 0.6 is 0 Å². The Kier molecular flexibility index (Phi) is 4.55. The molecular formula is C21H22F3N5O3. The van der Waals surface area contributed by atoms with Gasteiger partial charge in [-0.1, -0.05) is 0 Å². The molecule has 170 valence electrons. The summed E-state index contributed by atoms with van der Waals surface area (Å²) in [4.78, 5) is 31.0. The number of carbonyl (C=O) groups excluding carboxylic acids is 2. The highest BCUT2D eigenvalue weighted by atomic mass is 19.4. The van der Waals surface area contributed by atoms with Crippen molar-refractivity contribution in [2.75, 3.05) is 32.8 Å². The lowest BCUT2D eigenvalue weighted by Gasteiger charge is -2.54. The molecule has 3 aliphatic heterocycles. The average Bonchev–Trinajstić information content (AvgIpc) is 3.29. The third-order valence-corrected chi connectivity index (χ3v) is 7.14. The van der Waals surface area contributed by atoms with Crippen molar-refractivity contribution in [2.45, 2.75) is 37.4 Å². The van der Waals surface area contributed by atoms with Gasteiger partial charge in [-0.3, -0.25) is 4.98 Å². The number of alkyl carbamates (subject to hydrolysis) is 1. The highest BCUT2D eigenvalue weighted by Gasteiger charge is 2.55. The Balaban J connectivity index is 1.14. The zero-order chi connectivity index (χ0) is 22.7. The van der Waals surface area contributed by atoms with E-state index in [4.69, 9.17) is 4.74 Å². The largest absolute Gasteiger partial charge is 0.447 e. The maximum absolute atomic E-state index is 12.9. The molecule has 3 saturated heterocycles. The summed E-state index contributed by atoms with van der Waals surface area (Å²) in [5.41, 5.74) is -0.887. The minimum atomic E-state index is -4.57. The standard InChI is InChI=1S/C21H22F3N5O3/c22-21(23,24)16-4-14(6-25)15(7-26-16)3-13-1-2-19(5-13)8-28(9-19)18(31)29-10-20(11-29)12-32-17(30)27-20/h4,7,13H,1-3,5,8-12H2,(H,27,30)/t13-/m1/s1. The summed E-state index contributed by atoms with van der Waals surface area (Å²) in [6, 6.07) is 2.65. The highest BCUT2D eigenvalue weighted by molar-refractivity contribution is 5.78. The fourth-order valence-electron chi connectivity index (χ4n) is 5.59. The van der Waals surface area contributed by atoms with Gasteiger partial charge in [0.25, 0.3) is 0 Å². The molecule has 2 spiro atoms. The summed E-state index contributed by atoms with van der Waals surface area (Å²) < 4.78 is 43.5. The van der Waals surface area contributed by atoms with Crippen molar-refractivity contribution in [2.24, 2.45) is 11.3 Å². The van der Waals surface area contributed by atoms with Gasteiger partial charge in [-0.2, -0.15) is 18.4 Å². The molecule has 1 aromatic rings. The number of likely N-dealkylation sites (tertiary alicyclic amines) is 2. The minimum Gasteiger partial charge on any atom is -0.447 e. The van der Waals surface area contributed by atoms with Gasteiger partial charge >= 0.3 is 18.3 Å². The molecular weight excluding hydrogens is 427 g/mol. The van der Waals surface area contributed by atoms with Gasteiger partial charge < -0.3 is 19.9 Å². The summed E-state index contributed by atoms with van der Waals surface area (Å²) in [6.45, 7) is 2.49. The molecule has 0 aromatic carbocycles. The van der Waals surface area contributed by atoms with Gasteiger partial charge in [-0.05, 0) is 43.2 Å². The third kappa shape index (κ3) is 3.51. The van der Waals surface area contributed by atoms with E-state index in [9.17, 15) is 28.0 Å². The van der Waals surface area contributed by atoms with Gasteiger partial charge in [0.1, 0.15) is 17.8 Å². The van der Waals surface area contributed by atoms with Crippen LogP contribution < -0.4 is 5.32 Å². The zero-order valence-electron chi connectivity index (χ0n) is 17.2.